The second kappa shape index (κ2) is 6.27. The van der Waals surface area contributed by atoms with Crippen LogP contribution >= 0.6 is 27.5 Å². The van der Waals surface area contributed by atoms with E-state index in [1.54, 1.807) is 24.4 Å². The number of ketones is 1. The predicted molar refractivity (Wildman–Crippen MR) is 96.1 cm³/mol. The van der Waals surface area contributed by atoms with E-state index in [0.717, 1.165) is 6.26 Å². The lowest BCUT2D eigenvalue weighted by molar-refractivity contribution is 0.101. The molecule has 0 aliphatic rings. The van der Waals surface area contributed by atoms with Gasteiger partial charge in [-0.1, -0.05) is 11.6 Å². The molecule has 0 atom stereocenters. The van der Waals surface area contributed by atoms with E-state index in [9.17, 15) is 13.2 Å². The number of benzene rings is 1. The highest BCUT2D eigenvalue weighted by molar-refractivity contribution is 9.10. The number of nitrogens with zero attached hydrogens (tertiary/aromatic N) is 2. The normalized spacial score (nSPS) is 11.8. The third kappa shape index (κ3) is 3.35. The van der Waals surface area contributed by atoms with Crippen molar-refractivity contribution in [2.45, 2.75) is 0 Å². The number of fused-ring (bicyclic) bond motifs is 1. The van der Waals surface area contributed by atoms with Gasteiger partial charge < -0.3 is 4.98 Å². The van der Waals surface area contributed by atoms with Crippen LogP contribution in [0.15, 0.2) is 35.2 Å². The minimum atomic E-state index is -3.46. The summed E-state index contributed by atoms with van der Waals surface area (Å²) in [6.07, 6.45) is 3.93. The molecule has 0 saturated carbocycles. The minimum absolute atomic E-state index is 0.184. The summed E-state index contributed by atoms with van der Waals surface area (Å²) < 4.78 is 23.7. The Kier molecular flexibility index (Phi) is 4.46. The molecule has 1 aromatic carbocycles. The summed E-state index contributed by atoms with van der Waals surface area (Å²) in [7, 11) is -3.46. The molecular formula is C15H11BrClN3O3S. The van der Waals surface area contributed by atoms with E-state index in [-0.39, 0.29) is 5.69 Å². The number of aromatic nitrogens is 3. The number of hydrogen-bond donors (Lipinski definition) is 1. The molecule has 9 heteroatoms. The van der Waals surface area contributed by atoms with Gasteiger partial charge in [-0.3, -0.25) is 4.79 Å². The minimum Gasteiger partial charge on any atom is -0.351 e. The quantitative estimate of drug-likeness (QED) is 0.644. The second-order valence-corrected chi connectivity index (χ2v) is 8.68. The van der Waals surface area contributed by atoms with Crippen molar-refractivity contribution in [2.24, 2.45) is 0 Å². The lowest BCUT2D eigenvalue weighted by atomic mass is 10.1. The fourth-order valence-electron chi connectivity index (χ4n) is 2.41. The van der Waals surface area contributed by atoms with E-state index < -0.39 is 21.4 Å². The SMILES string of the molecule is CS(=O)(=O)CC(=O)c1[nH]c2cc(Br)c(Cl)cc2c1-c1ccncn1. The van der Waals surface area contributed by atoms with Gasteiger partial charge in [-0.2, -0.15) is 0 Å². The highest BCUT2D eigenvalue weighted by atomic mass is 79.9. The van der Waals surface area contributed by atoms with Crippen molar-refractivity contribution < 1.29 is 13.2 Å². The van der Waals surface area contributed by atoms with Crippen molar-refractivity contribution in [3.63, 3.8) is 0 Å². The number of nitrogens with one attached hydrogen (secondary N) is 1. The molecule has 0 spiro atoms. The van der Waals surface area contributed by atoms with Gasteiger partial charge in [0.1, 0.15) is 12.1 Å². The number of Topliss-reactive ketones (excluding diaryl/α,β-unsaturated/α-hetero) is 1. The number of halogens is 2. The second-order valence-electron chi connectivity index (χ2n) is 5.27. The summed E-state index contributed by atoms with van der Waals surface area (Å²) in [5.41, 5.74) is 1.85. The molecule has 24 heavy (non-hydrogen) atoms. The van der Waals surface area contributed by atoms with Crippen LogP contribution in [0, 0.1) is 0 Å². The standard InChI is InChI=1S/C15H11BrClN3O3S/c1-24(22,23)6-13(21)15-14(11-2-3-18-7-19-11)8-4-10(17)9(16)5-12(8)20-15/h2-5,7,20H,6H2,1H3. The summed E-state index contributed by atoms with van der Waals surface area (Å²) >= 11 is 9.50. The van der Waals surface area contributed by atoms with Gasteiger partial charge in [0.25, 0.3) is 0 Å². The van der Waals surface area contributed by atoms with Crippen molar-refractivity contribution >= 4 is 54.1 Å². The number of carbonyl (C=O) groups is 1. The molecule has 0 fully saturated rings. The average Bonchev–Trinajstić information content (AvgIpc) is 2.85. The smallest absolute Gasteiger partial charge is 0.194 e. The first-order valence-electron chi connectivity index (χ1n) is 6.74. The zero-order chi connectivity index (χ0) is 17.5. The molecule has 0 radical (unpaired) electrons. The Labute approximate surface area is 151 Å². The van der Waals surface area contributed by atoms with Gasteiger partial charge in [-0.15, -0.1) is 0 Å². The summed E-state index contributed by atoms with van der Waals surface area (Å²) in [5.74, 6) is -1.12. The lowest BCUT2D eigenvalue weighted by Crippen LogP contribution is -2.15. The maximum Gasteiger partial charge on any atom is 0.194 e. The van der Waals surface area contributed by atoms with Crippen LogP contribution in [0.1, 0.15) is 10.5 Å². The molecule has 0 saturated heterocycles. The first-order valence-corrected chi connectivity index (χ1v) is 9.97. The zero-order valence-corrected chi connectivity index (χ0v) is 15.5. The third-order valence-electron chi connectivity index (χ3n) is 3.35. The van der Waals surface area contributed by atoms with Crippen LogP contribution in [-0.4, -0.2) is 41.2 Å². The summed E-state index contributed by atoms with van der Waals surface area (Å²) in [5, 5.41) is 1.15. The number of aromatic amines is 1. The number of H-pyrrole nitrogens is 1. The Morgan fingerprint density at radius 1 is 1.38 bits per heavy atom. The van der Waals surface area contributed by atoms with Crippen molar-refractivity contribution in [3.05, 3.63) is 45.9 Å². The maximum absolute atomic E-state index is 12.5. The fourth-order valence-corrected chi connectivity index (χ4v) is 3.54. The van der Waals surface area contributed by atoms with Crippen molar-refractivity contribution in [2.75, 3.05) is 12.0 Å². The molecule has 0 bridgehead atoms. The molecule has 2 heterocycles. The molecule has 6 nitrogen and oxygen atoms in total. The van der Waals surface area contributed by atoms with Gasteiger partial charge in [0.05, 0.1) is 16.4 Å². The average molecular weight is 429 g/mol. The van der Waals surface area contributed by atoms with E-state index in [4.69, 9.17) is 11.6 Å². The lowest BCUT2D eigenvalue weighted by Gasteiger charge is -2.03. The highest BCUT2D eigenvalue weighted by Gasteiger charge is 2.23. The van der Waals surface area contributed by atoms with Crippen LogP contribution in [0.2, 0.25) is 5.02 Å². The Morgan fingerprint density at radius 2 is 2.12 bits per heavy atom. The van der Waals surface area contributed by atoms with Crippen LogP contribution in [0.25, 0.3) is 22.2 Å². The number of carbonyl (C=O) groups excluding carboxylic acids is 1. The van der Waals surface area contributed by atoms with Gasteiger partial charge in [0, 0.05) is 33.4 Å². The summed E-state index contributed by atoms with van der Waals surface area (Å²) in [6, 6.07) is 5.08. The Bertz CT molecular complexity index is 1050. The summed E-state index contributed by atoms with van der Waals surface area (Å²) in [6.45, 7) is 0. The topological polar surface area (TPSA) is 92.8 Å². The molecule has 0 unspecified atom stereocenters. The molecule has 124 valence electrons. The molecule has 3 aromatic rings. The molecular weight excluding hydrogens is 418 g/mol. The highest BCUT2D eigenvalue weighted by Crippen LogP contribution is 2.36. The fraction of sp³-hybridized carbons (Fsp3) is 0.133. The molecule has 2 aromatic heterocycles. The first-order chi connectivity index (χ1) is 11.3. The van der Waals surface area contributed by atoms with Crippen LogP contribution in [-0.2, 0) is 9.84 Å². The van der Waals surface area contributed by atoms with E-state index in [1.165, 1.54) is 6.33 Å². The molecule has 0 amide bonds. The Hall–Kier alpha value is -1.77. The van der Waals surface area contributed by atoms with E-state index in [0.29, 0.717) is 31.7 Å². The number of hydrogen-bond acceptors (Lipinski definition) is 5. The van der Waals surface area contributed by atoms with E-state index >= 15 is 0 Å². The molecule has 0 aliphatic heterocycles. The van der Waals surface area contributed by atoms with Crippen LogP contribution < -0.4 is 0 Å². The van der Waals surface area contributed by atoms with E-state index in [2.05, 4.69) is 30.9 Å². The molecule has 3 rings (SSSR count). The van der Waals surface area contributed by atoms with Gasteiger partial charge in [0.2, 0.25) is 0 Å². The van der Waals surface area contributed by atoms with Gasteiger partial charge in [-0.05, 0) is 34.1 Å². The van der Waals surface area contributed by atoms with Gasteiger partial charge in [0.15, 0.2) is 15.6 Å². The maximum atomic E-state index is 12.5. The Balaban J connectivity index is 2.30. The van der Waals surface area contributed by atoms with Crippen LogP contribution in [0.5, 0.6) is 0 Å². The number of rotatable bonds is 4. The molecule has 0 aliphatic carbocycles. The van der Waals surface area contributed by atoms with Gasteiger partial charge >= 0.3 is 0 Å². The predicted octanol–water partition coefficient (Wildman–Crippen LogP) is 3.27. The van der Waals surface area contributed by atoms with Crippen molar-refractivity contribution in [1.29, 1.82) is 0 Å². The number of sulfone groups is 1. The van der Waals surface area contributed by atoms with E-state index in [1.807, 2.05) is 0 Å². The zero-order valence-electron chi connectivity index (χ0n) is 12.4. The Morgan fingerprint density at radius 3 is 2.75 bits per heavy atom. The first kappa shape index (κ1) is 17.1. The van der Waals surface area contributed by atoms with Crippen molar-refractivity contribution in [1.82, 2.24) is 15.0 Å². The monoisotopic (exact) mass is 427 g/mol. The molecule has 1 N–H and O–H groups in total. The van der Waals surface area contributed by atoms with Crippen LogP contribution in [0.4, 0.5) is 0 Å². The van der Waals surface area contributed by atoms with Crippen molar-refractivity contribution in [3.8, 4) is 11.3 Å². The van der Waals surface area contributed by atoms with Crippen LogP contribution in [0.3, 0.4) is 0 Å². The largest absolute Gasteiger partial charge is 0.351 e. The van der Waals surface area contributed by atoms with Gasteiger partial charge in [-0.25, -0.2) is 18.4 Å². The third-order valence-corrected chi connectivity index (χ3v) is 5.33. The summed E-state index contributed by atoms with van der Waals surface area (Å²) in [4.78, 5) is 23.5.